The van der Waals surface area contributed by atoms with E-state index in [1.807, 2.05) is 0 Å². The standard InChI is InChI=1S/C20H37/c1-3-5-7-9-11-13-15-17-19-20-18-16-14-12-10-8-6-4-2/h12,14,18,20H,1,3-11,13,15-17,19H2,2H3/b14-12-,20-18+. The summed E-state index contributed by atoms with van der Waals surface area (Å²) in [6.07, 6.45) is 27.9. The van der Waals surface area contributed by atoms with Gasteiger partial charge in [0.05, 0.1) is 0 Å². The Hall–Kier alpha value is -0.520. The molecule has 0 aliphatic rings. The molecule has 0 rings (SSSR count). The molecule has 0 heteroatoms. The van der Waals surface area contributed by atoms with E-state index in [-0.39, 0.29) is 0 Å². The first-order valence-corrected chi connectivity index (χ1v) is 9.01. The zero-order valence-electron chi connectivity index (χ0n) is 13.9. The maximum Gasteiger partial charge on any atom is -0.0169 e. The van der Waals surface area contributed by atoms with Crippen LogP contribution in [0.5, 0.6) is 0 Å². The van der Waals surface area contributed by atoms with Crippen molar-refractivity contribution in [3.05, 3.63) is 31.2 Å². The third-order valence-corrected chi connectivity index (χ3v) is 3.70. The van der Waals surface area contributed by atoms with Gasteiger partial charge in [-0.1, -0.05) is 95.9 Å². The van der Waals surface area contributed by atoms with E-state index in [4.69, 9.17) is 0 Å². The fourth-order valence-corrected chi connectivity index (χ4v) is 2.34. The molecule has 0 N–H and O–H groups in total. The van der Waals surface area contributed by atoms with Crippen molar-refractivity contribution in [2.75, 3.05) is 0 Å². The van der Waals surface area contributed by atoms with Crippen LogP contribution in [0.15, 0.2) is 24.3 Å². The van der Waals surface area contributed by atoms with Crippen LogP contribution in [-0.4, -0.2) is 0 Å². The van der Waals surface area contributed by atoms with E-state index in [0.717, 1.165) is 12.8 Å². The van der Waals surface area contributed by atoms with E-state index in [0.29, 0.717) is 0 Å². The second-order valence-electron chi connectivity index (χ2n) is 5.79. The second kappa shape index (κ2) is 18.5. The van der Waals surface area contributed by atoms with Gasteiger partial charge in [-0.2, -0.15) is 0 Å². The Morgan fingerprint density at radius 2 is 1.10 bits per heavy atom. The minimum atomic E-state index is 1.11. The zero-order valence-corrected chi connectivity index (χ0v) is 13.9. The first-order chi connectivity index (χ1) is 9.91. The van der Waals surface area contributed by atoms with Crippen LogP contribution in [-0.2, 0) is 0 Å². The number of hydrogen-bond acceptors (Lipinski definition) is 0. The molecule has 0 unspecified atom stereocenters. The van der Waals surface area contributed by atoms with Crippen LogP contribution in [0.1, 0.15) is 96.8 Å². The average Bonchev–Trinajstić information content (AvgIpc) is 2.47. The Morgan fingerprint density at radius 1 is 0.600 bits per heavy atom. The molecule has 117 valence electrons. The first kappa shape index (κ1) is 19.5. The predicted octanol–water partition coefficient (Wildman–Crippen LogP) is 7.41. The van der Waals surface area contributed by atoms with Crippen molar-refractivity contribution in [1.29, 1.82) is 0 Å². The molecule has 0 aliphatic heterocycles. The zero-order chi connectivity index (χ0) is 14.7. The van der Waals surface area contributed by atoms with Crippen LogP contribution in [0.3, 0.4) is 0 Å². The summed E-state index contributed by atoms with van der Waals surface area (Å²) in [4.78, 5) is 0. The van der Waals surface area contributed by atoms with Crippen LogP contribution >= 0.6 is 0 Å². The van der Waals surface area contributed by atoms with Crippen molar-refractivity contribution in [1.82, 2.24) is 0 Å². The van der Waals surface area contributed by atoms with Crippen molar-refractivity contribution < 1.29 is 0 Å². The molecule has 0 saturated carbocycles. The van der Waals surface area contributed by atoms with E-state index in [2.05, 4.69) is 38.2 Å². The fraction of sp³-hybridized carbons (Fsp3) is 0.750. The van der Waals surface area contributed by atoms with Gasteiger partial charge < -0.3 is 0 Å². The summed E-state index contributed by atoms with van der Waals surface area (Å²) in [5.41, 5.74) is 0. The summed E-state index contributed by atoms with van der Waals surface area (Å²) in [5, 5.41) is 0. The minimum absolute atomic E-state index is 1.11. The van der Waals surface area contributed by atoms with Gasteiger partial charge in [-0.3, -0.25) is 0 Å². The van der Waals surface area contributed by atoms with Gasteiger partial charge in [0.25, 0.3) is 0 Å². The van der Waals surface area contributed by atoms with E-state index < -0.39 is 0 Å². The Bertz CT molecular complexity index is 212. The van der Waals surface area contributed by atoms with Gasteiger partial charge >= 0.3 is 0 Å². The summed E-state index contributed by atoms with van der Waals surface area (Å²) < 4.78 is 0. The number of allylic oxidation sites excluding steroid dienone is 4. The molecule has 0 aliphatic carbocycles. The van der Waals surface area contributed by atoms with Crippen LogP contribution in [0, 0.1) is 6.92 Å². The van der Waals surface area contributed by atoms with E-state index >= 15 is 0 Å². The Kier molecular flexibility index (Phi) is 18.0. The molecule has 0 amide bonds. The lowest BCUT2D eigenvalue weighted by atomic mass is 10.1. The molecule has 0 saturated heterocycles. The van der Waals surface area contributed by atoms with Gasteiger partial charge in [-0.15, -0.1) is 0 Å². The van der Waals surface area contributed by atoms with Crippen molar-refractivity contribution in [2.45, 2.75) is 96.8 Å². The first-order valence-electron chi connectivity index (χ1n) is 9.01. The second-order valence-corrected chi connectivity index (χ2v) is 5.79. The van der Waals surface area contributed by atoms with Crippen molar-refractivity contribution in [2.24, 2.45) is 0 Å². The summed E-state index contributed by atoms with van der Waals surface area (Å²) in [6, 6.07) is 0. The molecule has 0 heterocycles. The maximum absolute atomic E-state index is 3.88. The molecule has 0 atom stereocenters. The topological polar surface area (TPSA) is 0 Å². The molecule has 1 radical (unpaired) electrons. The monoisotopic (exact) mass is 277 g/mol. The smallest absolute Gasteiger partial charge is 0.0169 e. The van der Waals surface area contributed by atoms with Crippen LogP contribution in [0.2, 0.25) is 0 Å². The minimum Gasteiger partial charge on any atom is -0.0882 e. The SMILES string of the molecule is [CH2]CCCCCCCCC/C=C/C/C=C\CCCCC. The van der Waals surface area contributed by atoms with Crippen LogP contribution in [0.4, 0.5) is 0 Å². The molecule has 0 aromatic carbocycles. The molecule has 0 nitrogen and oxygen atoms in total. The van der Waals surface area contributed by atoms with Crippen LogP contribution < -0.4 is 0 Å². The lowest BCUT2D eigenvalue weighted by Crippen LogP contribution is -1.79. The molecule has 0 bridgehead atoms. The summed E-state index contributed by atoms with van der Waals surface area (Å²) in [6.45, 7) is 6.14. The van der Waals surface area contributed by atoms with E-state index in [1.54, 1.807) is 0 Å². The van der Waals surface area contributed by atoms with Gasteiger partial charge in [0, 0.05) is 0 Å². The van der Waals surface area contributed by atoms with Crippen molar-refractivity contribution in [3.8, 4) is 0 Å². The highest BCUT2D eigenvalue weighted by Crippen LogP contribution is 2.09. The summed E-state index contributed by atoms with van der Waals surface area (Å²) >= 11 is 0. The summed E-state index contributed by atoms with van der Waals surface area (Å²) in [5.74, 6) is 0. The van der Waals surface area contributed by atoms with Gasteiger partial charge in [0.2, 0.25) is 0 Å². The third kappa shape index (κ3) is 17.5. The molecular weight excluding hydrogens is 240 g/mol. The molecule has 0 aromatic heterocycles. The fourth-order valence-electron chi connectivity index (χ4n) is 2.34. The quantitative estimate of drug-likeness (QED) is 0.216. The highest BCUT2D eigenvalue weighted by molar-refractivity contribution is 4.92. The van der Waals surface area contributed by atoms with E-state index in [9.17, 15) is 0 Å². The molecular formula is C20H37. The molecule has 0 fully saturated rings. The number of rotatable bonds is 15. The van der Waals surface area contributed by atoms with Gasteiger partial charge in [0.1, 0.15) is 0 Å². The largest absolute Gasteiger partial charge is 0.0882 e. The van der Waals surface area contributed by atoms with Gasteiger partial charge in [-0.05, 0) is 32.1 Å². The Labute approximate surface area is 128 Å². The third-order valence-electron chi connectivity index (χ3n) is 3.70. The highest BCUT2D eigenvalue weighted by atomic mass is 14.0. The maximum atomic E-state index is 3.88. The van der Waals surface area contributed by atoms with Gasteiger partial charge in [-0.25, -0.2) is 0 Å². The molecule has 0 spiro atoms. The number of unbranched alkanes of at least 4 members (excludes halogenated alkanes) is 11. The lowest BCUT2D eigenvalue weighted by molar-refractivity contribution is 0.583. The Balaban J connectivity index is 3.12. The number of hydrogen-bond donors (Lipinski definition) is 0. The highest BCUT2D eigenvalue weighted by Gasteiger charge is 1.90. The van der Waals surface area contributed by atoms with Gasteiger partial charge in [0.15, 0.2) is 0 Å². The van der Waals surface area contributed by atoms with Crippen molar-refractivity contribution >= 4 is 0 Å². The van der Waals surface area contributed by atoms with E-state index in [1.165, 1.54) is 77.0 Å². The lowest BCUT2D eigenvalue weighted by Gasteiger charge is -1.99. The summed E-state index contributed by atoms with van der Waals surface area (Å²) in [7, 11) is 0. The predicted molar refractivity (Wildman–Crippen MR) is 93.9 cm³/mol. The Morgan fingerprint density at radius 3 is 1.65 bits per heavy atom. The molecule has 20 heavy (non-hydrogen) atoms. The normalized spacial score (nSPS) is 11.9. The van der Waals surface area contributed by atoms with Crippen molar-refractivity contribution in [3.63, 3.8) is 0 Å². The molecule has 0 aromatic rings. The average molecular weight is 278 g/mol. The van der Waals surface area contributed by atoms with Crippen LogP contribution in [0.25, 0.3) is 0 Å².